The maximum absolute atomic E-state index is 13.7. The monoisotopic (exact) mass is 328 g/mol. The van der Waals surface area contributed by atoms with Crippen molar-refractivity contribution in [2.75, 3.05) is 0 Å². The third-order valence-electron chi connectivity index (χ3n) is 2.10. The number of hydrogen-bond donors (Lipinski definition) is 2. The molecule has 3 N–H and O–H groups in total. The molecule has 0 spiro atoms. The number of hydrogen-bond acceptors (Lipinski definition) is 2. The highest BCUT2D eigenvalue weighted by atomic mass is 79.9. The highest BCUT2D eigenvalue weighted by Crippen LogP contribution is 2.31. The van der Waals surface area contributed by atoms with Crippen LogP contribution in [0.25, 0.3) is 0 Å². The minimum Gasteiger partial charge on any atom is -0.478 e. The average Bonchev–Trinajstić information content (AvgIpc) is 2.22. The summed E-state index contributed by atoms with van der Waals surface area (Å²) in [7, 11) is 0. The molecule has 1 rings (SSSR count). The topological polar surface area (TPSA) is 59.1 Å². The summed E-state index contributed by atoms with van der Waals surface area (Å²) >= 11 is 2.81. The molecule has 18 heavy (non-hydrogen) atoms. The van der Waals surface area contributed by atoms with Gasteiger partial charge in [0.1, 0.15) is 5.84 Å². The third kappa shape index (κ3) is 3.12. The van der Waals surface area contributed by atoms with Gasteiger partial charge in [0.25, 0.3) is 0 Å². The summed E-state index contributed by atoms with van der Waals surface area (Å²) in [5, 5.41) is 7.14. The third-order valence-corrected chi connectivity index (χ3v) is 2.88. The van der Waals surface area contributed by atoms with E-state index in [-0.39, 0.29) is 10.0 Å². The smallest absolute Gasteiger partial charge is 0.425 e. The van der Waals surface area contributed by atoms with Crippen molar-refractivity contribution in [1.82, 2.24) is 0 Å². The Bertz CT molecular complexity index is 476. The maximum atomic E-state index is 13.7. The Hall–Kier alpha value is -1.31. The lowest BCUT2D eigenvalue weighted by molar-refractivity contribution is -0.189. The molecule has 0 heterocycles. The number of amidine groups is 1. The molecule has 100 valence electrons. The van der Waals surface area contributed by atoms with Gasteiger partial charge in [-0.05, 0) is 35.0 Å². The van der Waals surface area contributed by atoms with Crippen LogP contribution in [0.3, 0.4) is 0 Å². The van der Waals surface area contributed by atoms with Crippen LogP contribution in [0.4, 0.5) is 17.6 Å². The molecule has 0 saturated carbocycles. The molecule has 0 aliphatic carbocycles. The lowest BCUT2D eigenvalue weighted by atomic mass is 10.2. The molecule has 0 radical (unpaired) electrons. The first-order valence-electron chi connectivity index (χ1n) is 4.70. The van der Waals surface area contributed by atoms with Crippen molar-refractivity contribution in [2.24, 2.45) is 5.73 Å². The first-order valence-corrected chi connectivity index (χ1v) is 5.49. The van der Waals surface area contributed by atoms with Gasteiger partial charge in [-0.25, -0.2) is 4.39 Å². The molecule has 3 nitrogen and oxygen atoms in total. The summed E-state index contributed by atoms with van der Waals surface area (Å²) < 4.78 is 54.7. The highest BCUT2D eigenvalue weighted by Gasteiger charge is 2.38. The minimum atomic E-state index is -4.59. The second-order valence-corrected chi connectivity index (χ2v) is 4.25. The summed E-state index contributed by atoms with van der Waals surface area (Å²) in [6.45, 7) is 0.770. The Labute approximate surface area is 109 Å². The Morgan fingerprint density at radius 3 is 2.44 bits per heavy atom. The van der Waals surface area contributed by atoms with E-state index in [0.29, 0.717) is 0 Å². The first-order chi connectivity index (χ1) is 8.14. The van der Waals surface area contributed by atoms with Crippen molar-refractivity contribution in [3.63, 3.8) is 0 Å². The standard InChI is InChI=1S/C10H9BrF4N2O/c1-4(10(13,14)15)18-6-3-2-5(9(16)17)7(11)8(6)12/h2-4H,1H3,(H3,16,17). The van der Waals surface area contributed by atoms with Gasteiger partial charge in [-0.2, -0.15) is 13.2 Å². The molecule has 0 aromatic heterocycles. The van der Waals surface area contributed by atoms with Gasteiger partial charge in [-0.1, -0.05) is 0 Å². The fraction of sp³-hybridized carbons (Fsp3) is 0.300. The summed E-state index contributed by atoms with van der Waals surface area (Å²) in [4.78, 5) is 0. The Kier molecular flexibility index (Phi) is 4.20. The summed E-state index contributed by atoms with van der Waals surface area (Å²) in [6.07, 6.45) is -6.72. The van der Waals surface area contributed by atoms with E-state index < -0.39 is 29.7 Å². The van der Waals surface area contributed by atoms with Crippen LogP contribution in [0, 0.1) is 11.2 Å². The molecule has 1 aromatic rings. The summed E-state index contributed by atoms with van der Waals surface area (Å²) in [6, 6.07) is 2.20. The van der Waals surface area contributed by atoms with Crippen LogP contribution in [0.5, 0.6) is 5.75 Å². The van der Waals surface area contributed by atoms with Gasteiger partial charge < -0.3 is 10.5 Å². The van der Waals surface area contributed by atoms with Crippen molar-refractivity contribution >= 4 is 21.8 Å². The number of ether oxygens (including phenoxy) is 1. The van der Waals surface area contributed by atoms with E-state index in [9.17, 15) is 17.6 Å². The maximum Gasteiger partial charge on any atom is 0.425 e. The van der Waals surface area contributed by atoms with Crippen molar-refractivity contribution in [3.8, 4) is 5.75 Å². The molecule has 1 aromatic carbocycles. The van der Waals surface area contributed by atoms with E-state index in [1.807, 2.05) is 0 Å². The molecule has 0 saturated heterocycles. The molecule has 0 amide bonds. The van der Waals surface area contributed by atoms with Crippen LogP contribution < -0.4 is 10.5 Å². The molecule has 8 heteroatoms. The largest absolute Gasteiger partial charge is 0.478 e. The molecule has 0 bridgehead atoms. The van der Waals surface area contributed by atoms with Crippen LogP contribution in [-0.4, -0.2) is 18.1 Å². The molecular weight excluding hydrogens is 320 g/mol. The molecule has 0 aliphatic heterocycles. The van der Waals surface area contributed by atoms with E-state index in [4.69, 9.17) is 11.1 Å². The number of nitrogen functional groups attached to an aromatic ring is 1. The minimum absolute atomic E-state index is 0.0412. The number of benzene rings is 1. The number of nitrogens with two attached hydrogens (primary N) is 1. The van der Waals surface area contributed by atoms with Crippen molar-refractivity contribution in [1.29, 1.82) is 5.41 Å². The Morgan fingerprint density at radius 1 is 1.44 bits per heavy atom. The van der Waals surface area contributed by atoms with Crippen LogP contribution >= 0.6 is 15.9 Å². The molecular formula is C10H9BrF4N2O. The summed E-state index contributed by atoms with van der Waals surface area (Å²) in [5.74, 6) is -1.99. The van der Waals surface area contributed by atoms with E-state index >= 15 is 0 Å². The average molecular weight is 329 g/mol. The molecule has 1 atom stereocenters. The number of alkyl halides is 3. The van der Waals surface area contributed by atoms with E-state index in [0.717, 1.165) is 13.0 Å². The predicted molar refractivity (Wildman–Crippen MR) is 61.3 cm³/mol. The Balaban J connectivity index is 3.07. The van der Waals surface area contributed by atoms with Crippen molar-refractivity contribution in [3.05, 3.63) is 28.0 Å². The fourth-order valence-corrected chi connectivity index (χ4v) is 1.63. The second-order valence-electron chi connectivity index (χ2n) is 3.45. The number of halogens is 5. The normalized spacial score (nSPS) is 13.2. The molecule has 0 fully saturated rings. The highest BCUT2D eigenvalue weighted by molar-refractivity contribution is 9.10. The van der Waals surface area contributed by atoms with Gasteiger partial charge in [-0.15, -0.1) is 0 Å². The fourth-order valence-electron chi connectivity index (χ4n) is 1.09. The van der Waals surface area contributed by atoms with E-state index in [2.05, 4.69) is 20.7 Å². The lowest BCUT2D eigenvalue weighted by Crippen LogP contribution is -2.31. The van der Waals surface area contributed by atoms with Crippen LogP contribution in [0.15, 0.2) is 16.6 Å². The van der Waals surface area contributed by atoms with Crippen molar-refractivity contribution in [2.45, 2.75) is 19.2 Å². The van der Waals surface area contributed by atoms with E-state index in [1.54, 1.807) is 0 Å². The zero-order chi connectivity index (χ0) is 14.1. The van der Waals surface area contributed by atoms with Gasteiger partial charge in [0.05, 0.1) is 4.47 Å². The number of rotatable bonds is 3. The second kappa shape index (κ2) is 5.13. The zero-order valence-electron chi connectivity index (χ0n) is 9.11. The van der Waals surface area contributed by atoms with Gasteiger partial charge in [0.2, 0.25) is 0 Å². The lowest BCUT2D eigenvalue weighted by Gasteiger charge is -2.18. The van der Waals surface area contributed by atoms with Crippen LogP contribution in [0.1, 0.15) is 12.5 Å². The van der Waals surface area contributed by atoms with Crippen molar-refractivity contribution < 1.29 is 22.3 Å². The van der Waals surface area contributed by atoms with Gasteiger partial charge in [0.15, 0.2) is 17.7 Å². The molecule has 1 unspecified atom stereocenters. The van der Waals surface area contributed by atoms with Gasteiger partial charge in [0, 0.05) is 5.56 Å². The molecule has 0 aliphatic rings. The Morgan fingerprint density at radius 2 is 2.00 bits per heavy atom. The first kappa shape index (κ1) is 14.7. The van der Waals surface area contributed by atoms with E-state index in [1.165, 1.54) is 6.07 Å². The quantitative estimate of drug-likeness (QED) is 0.508. The zero-order valence-corrected chi connectivity index (χ0v) is 10.7. The number of nitrogens with one attached hydrogen (secondary N) is 1. The van der Waals surface area contributed by atoms with Gasteiger partial charge in [-0.3, -0.25) is 5.41 Å². The van der Waals surface area contributed by atoms with Crippen LogP contribution in [-0.2, 0) is 0 Å². The van der Waals surface area contributed by atoms with Crippen LogP contribution in [0.2, 0.25) is 0 Å². The predicted octanol–water partition coefficient (Wildman–Crippen LogP) is 3.20. The summed E-state index contributed by atoms with van der Waals surface area (Å²) in [5.41, 5.74) is 5.21. The SMILES string of the molecule is CC(Oc1ccc(C(=N)N)c(Br)c1F)C(F)(F)F. The van der Waals surface area contributed by atoms with Gasteiger partial charge >= 0.3 is 6.18 Å².